The minimum Gasteiger partial charge on any atom is -0.358 e. The number of aliphatic hydroxyl groups is 2. The fourth-order valence-corrected chi connectivity index (χ4v) is 0.406. The summed E-state index contributed by atoms with van der Waals surface area (Å²) in [6.45, 7) is 3.37. The van der Waals surface area contributed by atoms with E-state index in [0.717, 1.165) is 13.3 Å². The third kappa shape index (κ3) is 3.42. The van der Waals surface area contributed by atoms with E-state index in [1.807, 2.05) is 6.92 Å². The van der Waals surface area contributed by atoms with Crippen molar-refractivity contribution in [2.75, 3.05) is 6.54 Å². The summed E-state index contributed by atoms with van der Waals surface area (Å²) in [5.74, 6) is -3.00. The molecule has 0 rings (SSSR count). The molecule has 0 saturated carbocycles. The first-order valence-electron chi connectivity index (χ1n) is 3.21. The number of hydrogen-bond acceptors (Lipinski definition) is 3. The van der Waals surface area contributed by atoms with Crippen LogP contribution < -0.4 is 5.32 Å². The van der Waals surface area contributed by atoms with E-state index in [2.05, 4.69) is 5.32 Å². The van der Waals surface area contributed by atoms with Crippen LogP contribution in [0.4, 0.5) is 0 Å². The van der Waals surface area contributed by atoms with E-state index in [9.17, 15) is 4.79 Å². The van der Waals surface area contributed by atoms with Gasteiger partial charge in [-0.05, 0) is 13.3 Å². The highest BCUT2D eigenvalue weighted by Crippen LogP contribution is 1.94. The van der Waals surface area contributed by atoms with Crippen LogP contribution in [-0.2, 0) is 4.79 Å². The molecule has 4 heteroatoms. The molecule has 10 heavy (non-hydrogen) atoms. The van der Waals surface area contributed by atoms with Crippen LogP contribution in [0.1, 0.15) is 20.3 Å². The highest BCUT2D eigenvalue weighted by molar-refractivity contribution is 5.82. The maximum atomic E-state index is 10.6. The molecule has 60 valence electrons. The Labute approximate surface area is 59.9 Å². The second-order valence-corrected chi connectivity index (χ2v) is 2.28. The van der Waals surface area contributed by atoms with E-state index in [4.69, 9.17) is 10.2 Å². The molecule has 0 aliphatic rings. The van der Waals surface area contributed by atoms with Crippen LogP contribution in [0.2, 0.25) is 0 Å². The van der Waals surface area contributed by atoms with Gasteiger partial charge in [0.05, 0.1) is 0 Å². The lowest BCUT2D eigenvalue weighted by atomic mass is 10.3. The van der Waals surface area contributed by atoms with E-state index in [1.54, 1.807) is 0 Å². The second kappa shape index (κ2) is 3.53. The van der Waals surface area contributed by atoms with Gasteiger partial charge >= 0.3 is 0 Å². The third-order valence-electron chi connectivity index (χ3n) is 0.966. The molecule has 0 aromatic carbocycles. The van der Waals surface area contributed by atoms with Crippen molar-refractivity contribution in [1.29, 1.82) is 0 Å². The lowest BCUT2D eigenvalue weighted by molar-refractivity contribution is -0.178. The first-order chi connectivity index (χ1) is 4.48. The normalized spacial score (nSPS) is 11.2. The maximum Gasteiger partial charge on any atom is 0.279 e. The van der Waals surface area contributed by atoms with Crippen LogP contribution in [0.25, 0.3) is 0 Å². The summed E-state index contributed by atoms with van der Waals surface area (Å²) in [6, 6.07) is 0. The summed E-state index contributed by atoms with van der Waals surface area (Å²) < 4.78 is 0. The van der Waals surface area contributed by atoms with E-state index in [0.29, 0.717) is 6.54 Å². The zero-order valence-electron chi connectivity index (χ0n) is 6.22. The molecule has 4 nitrogen and oxygen atoms in total. The number of carbonyl (C=O) groups excluding carboxylic acids is 1. The number of hydrogen-bond donors (Lipinski definition) is 3. The van der Waals surface area contributed by atoms with Crippen molar-refractivity contribution in [3.8, 4) is 0 Å². The van der Waals surface area contributed by atoms with E-state index in [1.165, 1.54) is 0 Å². The Balaban J connectivity index is 3.64. The molecule has 0 radical (unpaired) electrons. The van der Waals surface area contributed by atoms with Crippen LogP contribution in [0, 0.1) is 0 Å². The average Bonchev–Trinajstić information content (AvgIpc) is 1.80. The number of nitrogens with one attached hydrogen (secondary N) is 1. The largest absolute Gasteiger partial charge is 0.358 e. The topological polar surface area (TPSA) is 69.6 Å². The molecule has 0 atom stereocenters. The molecular formula is C6H13NO3. The van der Waals surface area contributed by atoms with Gasteiger partial charge in [0.2, 0.25) is 5.79 Å². The number of amides is 1. The van der Waals surface area contributed by atoms with E-state index >= 15 is 0 Å². The number of rotatable bonds is 3. The number of carbonyl (C=O) groups is 1. The van der Waals surface area contributed by atoms with Gasteiger partial charge in [-0.25, -0.2) is 0 Å². The van der Waals surface area contributed by atoms with Crippen molar-refractivity contribution < 1.29 is 15.0 Å². The Morgan fingerprint density at radius 3 is 2.40 bits per heavy atom. The SMILES string of the molecule is CCCNC(=O)C(C)(O)O. The van der Waals surface area contributed by atoms with Gasteiger partial charge in [0.15, 0.2) is 0 Å². The Bertz CT molecular complexity index is 117. The Morgan fingerprint density at radius 2 is 2.10 bits per heavy atom. The van der Waals surface area contributed by atoms with Crippen LogP contribution in [0.5, 0.6) is 0 Å². The van der Waals surface area contributed by atoms with Crippen molar-refractivity contribution >= 4 is 5.91 Å². The van der Waals surface area contributed by atoms with Crippen LogP contribution in [0.3, 0.4) is 0 Å². The lowest BCUT2D eigenvalue weighted by Crippen LogP contribution is -2.44. The molecule has 0 aliphatic carbocycles. The van der Waals surface area contributed by atoms with Gasteiger partial charge in [0, 0.05) is 6.54 Å². The minimum atomic E-state index is -2.24. The van der Waals surface area contributed by atoms with Gasteiger partial charge in [0.25, 0.3) is 5.91 Å². The molecule has 3 N–H and O–H groups in total. The fraction of sp³-hybridized carbons (Fsp3) is 0.833. The van der Waals surface area contributed by atoms with Crippen molar-refractivity contribution in [2.24, 2.45) is 0 Å². The maximum absolute atomic E-state index is 10.6. The molecule has 0 unspecified atom stereocenters. The summed E-state index contributed by atoms with van der Waals surface area (Å²) in [5.41, 5.74) is 0. The van der Waals surface area contributed by atoms with E-state index in [-0.39, 0.29) is 0 Å². The molecule has 0 aromatic heterocycles. The van der Waals surface area contributed by atoms with Gasteiger partial charge in [0.1, 0.15) is 0 Å². The highest BCUT2D eigenvalue weighted by atomic mass is 16.5. The van der Waals surface area contributed by atoms with Crippen molar-refractivity contribution in [2.45, 2.75) is 26.1 Å². The minimum absolute atomic E-state index is 0.468. The first kappa shape index (κ1) is 9.39. The third-order valence-corrected chi connectivity index (χ3v) is 0.966. The molecule has 0 spiro atoms. The summed E-state index contributed by atoms with van der Waals surface area (Å²) >= 11 is 0. The molecule has 0 heterocycles. The van der Waals surface area contributed by atoms with Crippen molar-refractivity contribution in [1.82, 2.24) is 5.32 Å². The van der Waals surface area contributed by atoms with Crippen molar-refractivity contribution in [3.05, 3.63) is 0 Å². The predicted octanol–water partition coefficient (Wildman–Crippen LogP) is -0.787. The smallest absolute Gasteiger partial charge is 0.279 e. The predicted molar refractivity (Wildman–Crippen MR) is 36.1 cm³/mol. The first-order valence-corrected chi connectivity index (χ1v) is 3.21. The Kier molecular flexibility index (Phi) is 3.32. The standard InChI is InChI=1S/C6H13NO3/c1-3-4-7-5(8)6(2,9)10/h9-10H,3-4H2,1-2H3,(H,7,8). The summed E-state index contributed by atoms with van der Waals surface area (Å²) in [4.78, 5) is 10.6. The van der Waals surface area contributed by atoms with Gasteiger partial charge in [-0.1, -0.05) is 6.92 Å². The molecule has 0 saturated heterocycles. The summed E-state index contributed by atoms with van der Waals surface area (Å²) in [6.07, 6.45) is 0.780. The van der Waals surface area contributed by atoms with Crippen LogP contribution >= 0.6 is 0 Å². The molecule has 1 amide bonds. The quantitative estimate of drug-likeness (QED) is 0.458. The van der Waals surface area contributed by atoms with Gasteiger partial charge in [-0.15, -0.1) is 0 Å². The second-order valence-electron chi connectivity index (χ2n) is 2.28. The highest BCUT2D eigenvalue weighted by Gasteiger charge is 2.25. The van der Waals surface area contributed by atoms with Gasteiger partial charge < -0.3 is 15.5 Å². The molecule has 0 aromatic rings. The molecule has 0 bridgehead atoms. The lowest BCUT2D eigenvalue weighted by Gasteiger charge is -2.14. The molecule has 0 fully saturated rings. The fourth-order valence-electron chi connectivity index (χ4n) is 0.406. The van der Waals surface area contributed by atoms with Crippen LogP contribution in [0.15, 0.2) is 0 Å². The molecule has 0 aliphatic heterocycles. The Hall–Kier alpha value is -0.610. The van der Waals surface area contributed by atoms with E-state index < -0.39 is 11.7 Å². The van der Waals surface area contributed by atoms with Gasteiger partial charge in [-0.2, -0.15) is 0 Å². The van der Waals surface area contributed by atoms with Crippen LogP contribution in [-0.4, -0.2) is 28.5 Å². The summed E-state index contributed by atoms with van der Waals surface area (Å²) in [5, 5.41) is 19.6. The van der Waals surface area contributed by atoms with Gasteiger partial charge in [-0.3, -0.25) is 4.79 Å². The van der Waals surface area contributed by atoms with Crippen molar-refractivity contribution in [3.63, 3.8) is 0 Å². The zero-order chi connectivity index (χ0) is 8.20. The summed E-state index contributed by atoms with van der Waals surface area (Å²) in [7, 11) is 0. The monoisotopic (exact) mass is 147 g/mol. The zero-order valence-corrected chi connectivity index (χ0v) is 6.22. The Morgan fingerprint density at radius 1 is 1.60 bits per heavy atom. The molecular weight excluding hydrogens is 134 g/mol. The average molecular weight is 147 g/mol.